The van der Waals surface area contributed by atoms with E-state index in [1.165, 1.54) is 0 Å². The van der Waals surface area contributed by atoms with Crippen LogP contribution in [-0.2, 0) is 5.41 Å². The van der Waals surface area contributed by atoms with Crippen LogP contribution < -0.4 is 0 Å². The Morgan fingerprint density at radius 2 is 1.57 bits per heavy atom. The zero-order valence-corrected chi connectivity index (χ0v) is 8.65. The SMILES string of the molecule is CC(C)(C)c1nnc2ccccc2n1. The third kappa shape index (κ3) is 1.58. The summed E-state index contributed by atoms with van der Waals surface area (Å²) in [6.07, 6.45) is 0. The second-order valence-electron chi connectivity index (χ2n) is 4.37. The van der Waals surface area contributed by atoms with E-state index in [1.54, 1.807) is 0 Å². The van der Waals surface area contributed by atoms with Crippen LogP contribution >= 0.6 is 0 Å². The number of benzene rings is 1. The molecule has 3 heteroatoms. The number of aromatic nitrogens is 3. The fourth-order valence-electron chi connectivity index (χ4n) is 1.20. The molecule has 0 spiro atoms. The number of nitrogens with zero attached hydrogens (tertiary/aromatic N) is 3. The molecule has 0 aliphatic carbocycles. The first kappa shape index (κ1) is 9.06. The Kier molecular flexibility index (Phi) is 1.95. The molecule has 0 unspecified atom stereocenters. The molecule has 2 aromatic rings. The van der Waals surface area contributed by atoms with Crippen LogP contribution in [0.25, 0.3) is 11.0 Å². The average molecular weight is 187 g/mol. The molecule has 0 fully saturated rings. The summed E-state index contributed by atoms with van der Waals surface area (Å²) in [6, 6.07) is 7.78. The molecule has 0 N–H and O–H groups in total. The Labute approximate surface area is 83.2 Å². The maximum atomic E-state index is 4.47. The number of hydrogen-bond donors (Lipinski definition) is 0. The predicted molar refractivity (Wildman–Crippen MR) is 56.0 cm³/mol. The second-order valence-corrected chi connectivity index (χ2v) is 4.37. The van der Waals surface area contributed by atoms with Crippen LogP contribution in [0.1, 0.15) is 26.6 Å². The summed E-state index contributed by atoms with van der Waals surface area (Å²) in [5, 5.41) is 8.25. The van der Waals surface area contributed by atoms with Crippen molar-refractivity contribution in [1.82, 2.24) is 15.2 Å². The monoisotopic (exact) mass is 187 g/mol. The summed E-state index contributed by atoms with van der Waals surface area (Å²) >= 11 is 0. The molecular weight excluding hydrogens is 174 g/mol. The summed E-state index contributed by atoms with van der Waals surface area (Å²) in [4.78, 5) is 4.47. The Hall–Kier alpha value is -1.51. The van der Waals surface area contributed by atoms with Gasteiger partial charge in [-0.15, -0.1) is 10.2 Å². The minimum Gasteiger partial charge on any atom is -0.229 e. The molecular formula is C11H13N3. The fourth-order valence-corrected chi connectivity index (χ4v) is 1.20. The molecule has 14 heavy (non-hydrogen) atoms. The summed E-state index contributed by atoms with van der Waals surface area (Å²) in [5.41, 5.74) is 1.71. The van der Waals surface area contributed by atoms with Crippen molar-refractivity contribution >= 4 is 11.0 Å². The van der Waals surface area contributed by atoms with Gasteiger partial charge < -0.3 is 0 Å². The lowest BCUT2D eigenvalue weighted by atomic mass is 9.96. The molecule has 0 aliphatic heterocycles. The molecule has 1 heterocycles. The molecule has 1 aromatic heterocycles. The molecule has 0 saturated heterocycles. The molecule has 0 atom stereocenters. The van der Waals surface area contributed by atoms with E-state index >= 15 is 0 Å². The van der Waals surface area contributed by atoms with Gasteiger partial charge in [0.15, 0.2) is 5.82 Å². The minimum atomic E-state index is -0.0446. The maximum Gasteiger partial charge on any atom is 0.156 e. The smallest absolute Gasteiger partial charge is 0.156 e. The van der Waals surface area contributed by atoms with Crippen molar-refractivity contribution in [2.75, 3.05) is 0 Å². The van der Waals surface area contributed by atoms with Gasteiger partial charge >= 0.3 is 0 Å². The Morgan fingerprint density at radius 3 is 2.21 bits per heavy atom. The van der Waals surface area contributed by atoms with Crippen LogP contribution in [0.15, 0.2) is 24.3 Å². The molecule has 0 amide bonds. The van der Waals surface area contributed by atoms with Gasteiger partial charge in [-0.1, -0.05) is 32.9 Å². The van der Waals surface area contributed by atoms with Gasteiger partial charge in [-0.05, 0) is 12.1 Å². The summed E-state index contributed by atoms with van der Waals surface area (Å²) in [7, 11) is 0. The summed E-state index contributed by atoms with van der Waals surface area (Å²) in [6.45, 7) is 6.25. The van der Waals surface area contributed by atoms with Gasteiger partial charge in [0.05, 0.1) is 5.52 Å². The van der Waals surface area contributed by atoms with Crippen molar-refractivity contribution in [3.8, 4) is 0 Å². The Balaban J connectivity index is 2.63. The number of fused-ring (bicyclic) bond motifs is 1. The van der Waals surface area contributed by atoms with Gasteiger partial charge in [0.2, 0.25) is 0 Å². The van der Waals surface area contributed by atoms with Crippen LogP contribution in [0, 0.1) is 0 Å². The van der Waals surface area contributed by atoms with Crippen molar-refractivity contribution in [1.29, 1.82) is 0 Å². The lowest BCUT2D eigenvalue weighted by Gasteiger charge is -2.15. The zero-order valence-electron chi connectivity index (χ0n) is 8.65. The quantitative estimate of drug-likeness (QED) is 0.635. The molecule has 0 saturated carbocycles. The largest absolute Gasteiger partial charge is 0.229 e. The Bertz CT molecular complexity index is 457. The van der Waals surface area contributed by atoms with Crippen molar-refractivity contribution in [2.24, 2.45) is 0 Å². The lowest BCUT2D eigenvalue weighted by Crippen LogP contribution is -2.16. The van der Waals surface area contributed by atoms with Crippen LogP contribution in [0.3, 0.4) is 0 Å². The van der Waals surface area contributed by atoms with Crippen molar-refractivity contribution in [2.45, 2.75) is 26.2 Å². The number of rotatable bonds is 0. The van der Waals surface area contributed by atoms with E-state index in [9.17, 15) is 0 Å². The number of para-hydroxylation sites is 1. The van der Waals surface area contributed by atoms with Gasteiger partial charge in [0, 0.05) is 5.41 Å². The van der Waals surface area contributed by atoms with Crippen LogP contribution in [0.2, 0.25) is 0 Å². The minimum absolute atomic E-state index is 0.0446. The van der Waals surface area contributed by atoms with E-state index in [0.717, 1.165) is 16.9 Å². The van der Waals surface area contributed by atoms with E-state index in [4.69, 9.17) is 0 Å². The predicted octanol–water partition coefficient (Wildman–Crippen LogP) is 2.32. The molecule has 1 aromatic carbocycles. The van der Waals surface area contributed by atoms with Crippen molar-refractivity contribution < 1.29 is 0 Å². The van der Waals surface area contributed by atoms with E-state index in [0.29, 0.717) is 0 Å². The van der Waals surface area contributed by atoms with E-state index < -0.39 is 0 Å². The van der Waals surface area contributed by atoms with E-state index in [1.807, 2.05) is 24.3 Å². The average Bonchev–Trinajstić information content (AvgIpc) is 2.16. The molecule has 0 bridgehead atoms. The molecule has 2 rings (SSSR count). The maximum absolute atomic E-state index is 4.47. The van der Waals surface area contributed by atoms with Gasteiger partial charge in [0.1, 0.15) is 5.52 Å². The highest BCUT2D eigenvalue weighted by Crippen LogP contribution is 2.18. The van der Waals surface area contributed by atoms with Crippen molar-refractivity contribution in [3.05, 3.63) is 30.1 Å². The third-order valence-corrected chi connectivity index (χ3v) is 2.03. The van der Waals surface area contributed by atoms with Crippen LogP contribution in [-0.4, -0.2) is 15.2 Å². The van der Waals surface area contributed by atoms with Gasteiger partial charge in [0.25, 0.3) is 0 Å². The Morgan fingerprint density at radius 1 is 0.929 bits per heavy atom. The first-order valence-corrected chi connectivity index (χ1v) is 4.67. The highest BCUT2D eigenvalue weighted by Gasteiger charge is 2.17. The topological polar surface area (TPSA) is 38.7 Å². The van der Waals surface area contributed by atoms with E-state index in [-0.39, 0.29) is 5.41 Å². The summed E-state index contributed by atoms with van der Waals surface area (Å²) in [5.74, 6) is 0.788. The molecule has 72 valence electrons. The molecule has 0 aliphatic rings. The highest BCUT2D eigenvalue weighted by atomic mass is 15.2. The number of hydrogen-bond acceptors (Lipinski definition) is 3. The van der Waals surface area contributed by atoms with Crippen LogP contribution in [0.4, 0.5) is 0 Å². The van der Waals surface area contributed by atoms with Gasteiger partial charge in [-0.25, -0.2) is 4.98 Å². The lowest BCUT2D eigenvalue weighted by molar-refractivity contribution is 0.538. The normalized spacial score (nSPS) is 11.9. The van der Waals surface area contributed by atoms with Gasteiger partial charge in [-0.2, -0.15) is 0 Å². The van der Waals surface area contributed by atoms with Crippen molar-refractivity contribution in [3.63, 3.8) is 0 Å². The second kappa shape index (κ2) is 3.01. The fraction of sp³-hybridized carbons (Fsp3) is 0.364. The third-order valence-electron chi connectivity index (χ3n) is 2.03. The highest BCUT2D eigenvalue weighted by molar-refractivity contribution is 5.72. The summed E-state index contributed by atoms with van der Waals surface area (Å²) < 4.78 is 0. The first-order valence-electron chi connectivity index (χ1n) is 4.67. The van der Waals surface area contributed by atoms with E-state index in [2.05, 4.69) is 36.0 Å². The first-order chi connectivity index (χ1) is 6.57. The molecule has 0 radical (unpaired) electrons. The zero-order chi connectivity index (χ0) is 10.2. The standard InChI is InChI=1S/C11H13N3/c1-11(2,3)10-12-8-6-4-5-7-9(8)13-14-10/h4-7H,1-3H3. The molecule has 3 nitrogen and oxygen atoms in total. The van der Waals surface area contributed by atoms with Crippen LogP contribution in [0.5, 0.6) is 0 Å². The van der Waals surface area contributed by atoms with Gasteiger partial charge in [-0.3, -0.25) is 0 Å².